The molecule has 150 heavy (non-hydrogen) atoms. The molecule has 22 aromatic rings. The quantitative estimate of drug-likeness (QED) is 0.0344. The normalized spacial score (nSPS) is 11.5. The Hall–Kier alpha value is -19.8. The van der Waals surface area contributed by atoms with E-state index < -0.39 is 34.1 Å². The fraction of sp³-hybridized carbons (Fsp3) is 0.0833. The van der Waals surface area contributed by atoms with Gasteiger partial charge >= 0.3 is 0 Å². The van der Waals surface area contributed by atoms with Crippen LogP contribution in [0, 0.1) is 31.3 Å². The van der Waals surface area contributed by atoms with Gasteiger partial charge in [-0.3, -0.25) is 51.6 Å². The van der Waals surface area contributed by atoms with E-state index in [1.54, 1.807) is 59.2 Å². The summed E-state index contributed by atoms with van der Waals surface area (Å²) in [5.41, 5.74) is 13.2. The number of Topliss-reactive ketones (excluding diaryl/α,β-unsaturated/α-hetero) is 1. The molecule has 1 aliphatic rings. The van der Waals surface area contributed by atoms with Gasteiger partial charge in [-0.1, -0.05) is 194 Å². The number of carbonyl (C=O) groups is 1. The van der Waals surface area contributed by atoms with E-state index in [4.69, 9.17) is 14.5 Å². The Morgan fingerprint density at radius 3 is 1.12 bits per heavy atom. The molecule has 754 valence electrons. The van der Waals surface area contributed by atoms with E-state index in [-0.39, 0.29) is 63.9 Å². The van der Waals surface area contributed by atoms with E-state index in [0.29, 0.717) is 85.7 Å². The molecule has 1 fully saturated rings. The lowest BCUT2D eigenvalue weighted by Gasteiger charge is -2.31. The van der Waals surface area contributed by atoms with Crippen LogP contribution >= 0.6 is 0 Å². The second-order valence-electron chi connectivity index (χ2n) is 34.8. The van der Waals surface area contributed by atoms with Crippen molar-refractivity contribution >= 4 is 124 Å². The van der Waals surface area contributed by atoms with Gasteiger partial charge in [-0.2, -0.15) is 4.98 Å². The maximum absolute atomic E-state index is 15.5. The molecule has 0 unspecified atom stereocenters. The summed E-state index contributed by atoms with van der Waals surface area (Å²) in [5.74, 6) is 0.579. The second-order valence-corrected chi connectivity index (χ2v) is 34.8. The van der Waals surface area contributed by atoms with Gasteiger partial charge in [0, 0.05) is 170 Å². The van der Waals surface area contributed by atoms with Gasteiger partial charge in [0.05, 0.1) is 59.5 Å². The number of nitrogens with zero attached hydrogens (tertiary/aromatic N) is 13. The number of ketones is 1. The lowest BCUT2D eigenvalue weighted by molar-refractivity contribution is 0.101. The highest BCUT2D eigenvalue weighted by molar-refractivity contribution is 6.06. The Balaban J connectivity index is 0.000000160. The summed E-state index contributed by atoms with van der Waals surface area (Å²) in [7, 11) is 2.87. The van der Waals surface area contributed by atoms with Crippen LogP contribution in [0.2, 0.25) is 0 Å². The van der Waals surface area contributed by atoms with Crippen LogP contribution in [0.15, 0.2) is 431 Å². The standard InChI is InChI=1S/C27H19F2N3O2.C25H25N5O.C24H19N5O.C22H16FN3O2.C22H19N3O2.6H2/c1-34-27-25(29)23(17-12-14-18(28)15-13-17)24-21(33)16-22(30-19-8-4-2-5-9-19)32(26(24)31-27)20-10-6-3-7-11-20;1-18-16-21(29-14-12-26-13-15-29)24-22(31)17-23(28-19-8-4-2-5-9-19)30(25(24)27-18)20-10-6-3-7-11-20;30-21-15-22(27-19-7-3-1-4-8-19)29(20-9-5-2-6-10-20)24-23(21)18(11-12-26-24)16-28-14-13-25-17-28;1-14(27)20-17(23)13-24-22-21(20)18(28)12-19(25-15-8-4-2-5-9-15)26(22)16-10-6-3-7-11-16;1-15-13-19(27-2)21-18(26)14-20(24-16-9-5-3-6-10-16)25(22(21)23-15)17-11-7-4-8-12-17;;;;;;/h2-16,30H,1H3;2-11,16-17,26,28H,12-15H2,1H3;1-15,17,27H,16H2;2-13,25H,1H3;3-14,24H,1-2H3;6*1H. The first-order valence-corrected chi connectivity index (χ1v) is 48.2. The van der Waals surface area contributed by atoms with Crippen molar-refractivity contribution in [1.82, 2.24) is 62.6 Å². The van der Waals surface area contributed by atoms with Gasteiger partial charge < -0.3 is 50.8 Å². The number of anilines is 11. The molecule has 11 aromatic heterocycles. The summed E-state index contributed by atoms with van der Waals surface area (Å²) in [6.45, 7) is 9.21. The molecule has 11 aromatic carbocycles. The molecule has 23 rings (SSSR count). The zero-order chi connectivity index (χ0) is 104. The Bertz CT molecular complexity index is 8980. The predicted octanol–water partition coefficient (Wildman–Crippen LogP) is 24.7. The summed E-state index contributed by atoms with van der Waals surface area (Å²) in [6.07, 6.45) is 8.08. The van der Waals surface area contributed by atoms with E-state index in [1.165, 1.54) is 50.4 Å². The number of rotatable bonds is 22. The van der Waals surface area contributed by atoms with Gasteiger partial charge in [0.15, 0.2) is 67.2 Å². The molecular weight excluding hydrogens is 1890 g/mol. The first-order chi connectivity index (χ1) is 73.3. The molecule has 27 nitrogen and oxygen atoms in total. The summed E-state index contributed by atoms with van der Waals surface area (Å²) in [5, 5.41) is 21.8. The van der Waals surface area contributed by atoms with Crippen molar-refractivity contribution < 1.29 is 36.0 Å². The molecule has 0 atom stereocenters. The molecule has 0 spiro atoms. The number of piperazine rings is 1. The lowest BCUT2D eigenvalue weighted by Crippen LogP contribution is -2.44. The number of nitrogens with one attached hydrogen (secondary N) is 6. The van der Waals surface area contributed by atoms with Crippen molar-refractivity contribution in [3.05, 3.63) is 498 Å². The Kier molecular flexibility index (Phi) is 30.0. The number of carbonyl (C=O) groups excluding carboxylic acids is 1. The second kappa shape index (κ2) is 45.5. The SMILES string of the molecule is CC(=O)c1c(F)cnc2c1c(=O)cc(Nc1ccccc1)n2-c1ccccc1.COc1cc(C)nc2c1c(=O)cc(Nc1ccccc1)n2-c1ccccc1.COc1nc2c(c(-c3ccc(F)cc3)c1F)c(=O)cc(Nc1ccccc1)n2-c1ccccc1.Cc1cc(N2CCNCC2)c2c(=O)cc(Nc3ccccc3)n(-c3ccccc3)c2n1.O=c1cc(Nc2ccccc2)n(-c2ccccc2)c2nccc(Cn3ccnc3)c12.[HH].[HH].[HH].[HH].[HH].[HH]. The number of halogens is 3. The minimum Gasteiger partial charge on any atom is -0.496 e. The zero-order valence-corrected chi connectivity index (χ0v) is 81.9. The van der Waals surface area contributed by atoms with E-state index >= 15 is 4.39 Å². The number of para-hydroxylation sites is 10. The maximum Gasteiger partial charge on any atom is 0.252 e. The third-order valence-corrected chi connectivity index (χ3v) is 24.7. The van der Waals surface area contributed by atoms with E-state index in [1.807, 2.05) is 354 Å². The number of imidazole rings is 1. The summed E-state index contributed by atoms with van der Waals surface area (Å²) in [4.78, 5) is 107. The highest BCUT2D eigenvalue weighted by atomic mass is 19.1. The largest absolute Gasteiger partial charge is 0.496 e. The highest BCUT2D eigenvalue weighted by Gasteiger charge is 2.28. The predicted molar refractivity (Wildman–Crippen MR) is 602 cm³/mol. The van der Waals surface area contributed by atoms with Gasteiger partial charge in [0.2, 0.25) is 0 Å². The molecule has 6 N–H and O–H groups in total. The first kappa shape index (κ1) is 99.0. The molecule has 1 aliphatic heterocycles. The lowest BCUT2D eigenvalue weighted by atomic mass is 10.0. The summed E-state index contributed by atoms with van der Waals surface area (Å²) >= 11 is 0. The molecular formula is C120H110F3N19O8. The van der Waals surface area contributed by atoms with Crippen molar-refractivity contribution in [3.63, 3.8) is 0 Å². The number of aromatic nitrogens is 12. The number of benzene rings is 11. The van der Waals surface area contributed by atoms with Crippen LogP contribution in [0.25, 0.3) is 94.7 Å². The Labute approximate surface area is 866 Å². The minimum atomic E-state index is -0.805. The van der Waals surface area contributed by atoms with Crippen LogP contribution in [-0.2, 0) is 6.54 Å². The van der Waals surface area contributed by atoms with Gasteiger partial charge in [-0.15, -0.1) is 0 Å². The fourth-order valence-electron chi connectivity index (χ4n) is 18.1. The van der Waals surface area contributed by atoms with Crippen molar-refractivity contribution in [2.75, 3.05) is 71.9 Å². The number of hydrogen-bond donors (Lipinski definition) is 6. The van der Waals surface area contributed by atoms with Crippen molar-refractivity contribution in [1.29, 1.82) is 0 Å². The van der Waals surface area contributed by atoms with E-state index in [0.717, 1.165) is 106 Å². The molecule has 0 bridgehead atoms. The van der Waals surface area contributed by atoms with Crippen LogP contribution in [0.1, 0.15) is 42.8 Å². The topological polar surface area (TPSA) is 303 Å². The fourth-order valence-corrected chi connectivity index (χ4v) is 18.1. The van der Waals surface area contributed by atoms with Crippen LogP contribution in [0.3, 0.4) is 0 Å². The number of aryl methyl sites for hydroxylation is 2. The first-order valence-electron chi connectivity index (χ1n) is 48.2. The molecule has 0 amide bonds. The average Bonchev–Trinajstić information content (AvgIpc) is 0.811. The number of hydrogen-bond acceptors (Lipinski definition) is 21. The van der Waals surface area contributed by atoms with Crippen LogP contribution in [0.4, 0.5) is 76.4 Å². The van der Waals surface area contributed by atoms with Crippen LogP contribution in [0.5, 0.6) is 11.6 Å². The Morgan fingerprint density at radius 2 is 0.733 bits per heavy atom. The summed E-state index contributed by atoms with van der Waals surface area (Å²) < 4.78 is 65.4. The van der Waals surface area contributed by atoms with Crippen molar-refractivity contribution in [3.8, 4) is 51.2 Å². The zero-order valence-electron chi connectivity index (χ0n) is 81.9. The molecule has 0 saturated carbocycles. The van der Waals surface area contributed by atoms with Crippen molar-refractivity contribution in [2.24, 2.45) is 0 Å². The molecule has 0 radical (unpaired) electrons. The molecule has 30 heteroatoms. The number of fused-ring (bicyclic) bond motifs is 5. The average molecular weight is 2000 g/mol. The van der Waals surface area contributed by atoms with Gasteiger partial charge in [-0.25, -0.2) is 38.1 Å². The van der Waals surface area contributed by atoms with E-state index in [2.05, 4.69) is 61.7 Å². The summed E-state index contributed by atoms with van der Waals surface area (Å²) in [6, 6.07) is 115. The maximum atomic E-state index is 15.5. The number of ether oxygens (including phenoxy) is 2. The highest BCUT2D eigenvalue weighted by Crippen LogP contribution is 2.39. The van der Waals surface area contributed by atoms with Crippen LogP contribution in [-0.4, -0.2) is 103 Å². The minimum absolute atomic E-state index is 0. The monoisotopic (exact) mass is 2000 g/mol. The third-order valence-electron chi connectivity index (χ3n) is 24.7. The number of pyridine rings is 10. The third kappa shape index (κ3) is 21.9. The molecule has 0 aliphatic carbocycles. The number of methoxy groups -OCH3 is 2. The van der Waals surface area contributed by atoms with Gasteiger partial charge in [0.25, 0.3) is 5.88 Å². The van der Waals surface area contributed by atoms with Gasteiger partial charge in [0.1, 0.15) is 51.7 Å². The van der Waals surface area contributed by atoms with Crippen molar-refractivity contribution in [2.45, 2.75) is 27.3 Å². The molecule has 1 saturated heterocycles. The van der Waals surface area contributed by atoms with E-state index in [9.17, 15) is 37.5 Å². The van der Waals surface area contributed by atoms with Crippen LogP contribution < -0.4 is 73.4 Å². The van der Waals surface area contributed by atoms with Gasteiger partial charge in [-0.05, 0) is 177 Å². The smallest absolute Gasteiger partial charge is 0.252 e. The Morgan fingerprint density at radius 1 is 0.380 bits per heavy atom. The molecule has 12 heterocycles.